The molecule has 0 unspecified atom stereocenters. The first-order chi connectivity index (χ1) is 14.3. The Hall–Kier alpha value is -3.05. The van der Waals surface area contributed by atoms with E-state index in [0.29, 0.717) is 19.6 Å². The molecule has 0 radical (unpaired) electrons. The Morgan fingerprint density at radius 3 is 2.21 bits per heavy atom. The number of nitrogens with zero attached hydrogens (tertiary/aromatic N) is 3. The normalized spacial score (nSPS) is 20.8. The molecule has 150 valence electrons. The smallest absolute Gasteiger partial charge is 0.132 e. The van der Waals surface area contributed by atoms with Crippen molar-refractivity contribution >= 4 is 0 Å². The van der Waals surface area contributed by atoms with E-state index in [1.54, 1.807) is 6.26 Å². The molecule has 0 saturated heterocycles. The molecule has 1 heterocycles. The van der Waals surface area contributed by atoms with Crippen LogP contribution in [0.25, 0.3) is 10.4 Å². The SMILES string of the molecule is C=CCC1=CO[C@H](CN=[N+]=[N-])[C@@H](OCc2ccccc2)[C@@H]1OCc1ccccc1. The summed E-state index contributed by atoms with van der Waals surface area (Å²) < 4.78 is 18.4. The van der Waals surface area contributed by atoms with Crippen LogP contribution in [0.2, 0.25) is 0 Å². The fraction of sp³-hybridized carbons (Fsp3) is 0.304. The first-order valence-electron chi connectivity index (χ1n) is 9.59. The standard InChI is InChI=1S/C23H25N3O3/c1-2-9-20-17-27-21(14-25-26-24)23(29-16-19-12-7-4-8-13-19)22(20)28-15-18-10-5-3-6-11-18/h2-8,10-13,17,21-23H,1,9,14-16H2/t21-,22-,23-/m1/s1. The predicted molar refractivity (Wildman–Crippen MR) is 112 cm³/mol. The van der Waals surface area contributed by atoms with E-state index in [1.165, 1.54) is 0 Å². The summed E-state index contributed by atoms with van der Waals surface area (Å²) in [5, 5.41) is 3.70. The third-order valence-electron chi connectivity index (χ3n) is 4.69. The number of rotatable bonds is 10. The second kappa shape index (κ2) is 11.1. The van der Waals surface area contributed by atoms with Crippen molar-refractivity contribution in [1.82, 2.24) is 0 Å². The molecule has 3 rings (SSSR count). The minimum Gasteiger partial charge on any atom is -0.495 e. The van der Waals surface area contributed by atoms with Crippen LogP contribution in [0, 0.1) is 0 Å². The molecule has 1 aliphatic heterocycles. The molecule has 0 fully saturated rings. The van der Waals surface area contributed by atoms with Crippen LogP contribution in [-0.4, -0.2) is 24.9 Å². The zero-order valence-electron chi connectivity index (χ0n) is 16.3. The molecule has 0 aromatic heterocycles. The first kappa shape index (κ1) is 20.7. The molecular formula is C23H25N3O3. The molecule has 3 atom stereocenters. The highest BCUT2D eigenvalue weighted by atomic mass is 16.6. The summed E-state index contributed by atoms with van der Waals surface area (Å²) in [6.07, 6.45) is 2.96. The van der Waals surface area contributed by atoms with Crippen LogP contribution < -0.4 is 0 Å². The summed E-state index contributed by atoms with van der Waals surface area (Å²) in [5.74, 6) is 0. The van der Waals surface area contributed by atoms with Crippen LogP contribution in [0.15, 0.2) is 90.3 Å². The Morgan fingerprint density at radius 1 is 1.00 bits per heavy atom. The molecule has 0 amide bonds. The van der Waals surface area contributed by atoms with Gasteiger partial charge in [-0.3, -0.25) is 0 Å². The Morgan fingerprint density at radius 2 is 1.62 bits per heavy atom. The van der Waals surface area contributed by atoms with Crippen molar-refractivity contribution in [3.63, 3.8) is 0 Å². The van der Waals surface area contributed by atoms with E-state index in [0.717, 1.165) is 16.7 Å². The highest BCUT2D eigenvalue weighted by molar-refractivity contribution is 5.19. The molecule has 1 aliphatic rings. The summed E-state index contributed by atoms with van der Waals surface area (Å²) in [4.78, 5) is 2.87. The molecule has 0 bridgehead atoms. The third-order valence-corrected chi connectivity index (χ3v) is 4.69. The van der Waals surface area contributed by atoms with Gasteiger partial charge in [-0.2, -0.15) is 0 Å². The average molecular weight is 391 g/mol. The van der Waals surface area contributed by atoms with Crippen molar-refractivity contribution in [3.8, 4) is 0 Å². The van der Waals surface area contributed by atoms with Gasteiger partial charge in [0.1, 0.15) is 18.3 Å². The van der Waals surface area contributed by atoms with Crippen molar-refractivity contribution in [1.29, 1.82) is 0 Å². The molecule has 0 spiro atoms. The van der Waals surface area contributed by atoms with Gasteiger partial charge in [-0.05, 0) is 28.7 Å². The van der Waals surface area contributed by atoms with Gasteiger partial charge in [0.2, 0.25) is 0 Å². The lowest BCUT2D eigenvalue weighted by Crippen LogP contribution is -2.47. The van der Waals surface area contributed by atoms with Gasteiger partial charge in [-0.1, -0.05) is 71.9 Å². The van der Waals surface area contributed by atoms with Crippen molar-refractivity contribution in [2.45, 2.75) is 37.9 Å². The minimum absolute atomic E-state index is 0.166. The Bertz CT molecular complexity index is 848. The summed E-state index contributed by atoms with van der Waals surface area (Å²) in [6, 6.07) is 19.9. The summed E-state index contributed by atoms with van der Waals surface area (Å²) >= 11 is 0. The van der Waals surface area contributed by atoms with Gasteiger partial charge >= 0.3 is 0 Å². The number of allylic oxidation sites excluding steroid dienone is 1. The lowest BCUT2D eigenvalue weighted by atomic mass is 9.95. The van der Waals surface area contributed by atoms with Crippen LogP contribution in [-0.2, 0) is 27.4 Å². The fourth-order valence-corrected chi connectivity index (χ4v) is 3.24. The highest BCUT2D eigenvalue weighted by Crippen LogP contribution is 2.29. The number of benzene rings is 2. The maximum atomic E-state index is 8.75. The molecular weight excluding hydrogens is 366 g/mol. The quantitative estimate of drug-likeness (QED) is 0.238. The Kier molecular flexibility index (Phi) is 7.90. The van der Waals surface area contributed by atoms with Crippen LogP contribution in [0.4, 0.5) is 0 Å². The second-order valence-corrected chi connectivity index (χ2v) is 6.75. The van der Waals surface area contributed by atoms with E-state index in [9.17, 15) is 0 Å². The van der Waals surface area contributed by atoms with Crippen molar-refractivity contribution < 1.29 is 14.2 Å². The molecule has 6 nitrogen and oxygen atoms in total. The zero-order chi connectivity index (χ0) is 20.3. The van der Waals surface area contributed by atoms with Crippen LogP contribution >= 0.6 is 0 Å². The summed E-state index contributed by atoms with van der Waals surface area (Å²) in [7, 11) is 0. The van der Waals surface area contributed by atoms with Crippen molar-refractivity contribution in [3.05, 3.63) is 107 Å². The second-order valence-electron chi connectivity index (χ2n) is 6.75. The third kappa shape index (κ3) is 5.96. The van der Waals surface area contributed by atoms with E-state index in [2.05, 4.69) is 16.6 Å². The topological polar surface area (TPSA) is 76.5 Å². The fourth-order valence-electron chi connectivity index (χ4n) is 3.24. The lowest BCUT2D eigenvalue weighted by molar-refractivity contribution is -0.133. The maximum Gasteiger partial charge on any atom is 0.132 e. The monoisotopic (exact) mass is 391 g/mol. The first-order valence-corrected chi connectivity index (χ1v) is 9.59. The molecule has 0 aliphatic carbocycles. The van der Waals surface area contributed by atoms with Gasteiger partial charge in [-0.15, -0.1) is 6.58 Å². The van der Waals surface area contributed by atoms with Gasteiger partial charge < -0.3 is 14.2 Å². The lowest BCUT2D eigenvalue weighted by Gasteiger charge is -2.37. The summed E-state index contributed by atoms with van der Waals surface area (Å²) in [6.45, 7) is 4.86. The van der Waals surface area contributed by atoms with Crippen molar-refractivity contribution in [2.75, 3.05) is 6.54 Å². The zero-order valence-corrected chi connectivity index (χ0v) is 16.3. The maximum absolute atomic E-state index is 8.75. The van der Waals surface area contributed by atoms with Crippen molar-refractivity contribution in [2.24, 2.45) is 5.11 Å². The molecule has 2 aromatic carbocycles. The van der Waals surface area contributed by atoms with Gasteiger partial charge in [0, 0.05) is 4.91 Å². The number of hydrogen-bond acceptors (Lipinski definition) is 4. The highest BCUT2D eigenvalue weighted by Gasteiger charge is 2.37. The molecule has 29 heavy (non-hydrogen) atoms. The Balaban J connectivity index is 1.80. The van der Waals surface area contributed by atoms with Gasteiger partial charge in [0.25, 0.3) is 0 Å². The number of ether oxygens (including phenoxy) is 3. The number of azide groups is 1. The van der Waals surface area contributed by atoms with Crippen LogP contribution in [0.1, 0.15) is 17.5 Å². The largest absolute Gasteiger partial charge is 0.495 e. The van der Waals surface area contributed by atoms with E-state index < -0.39 is 12.2 Å². The van der Waals surface area contributed by atoms with E-state index >= 15 is 0 Å². The molecule has 0 saturated carbocycles. The Labute approximate surface area is 171 Å². The summed E-state index contributed by atoms with van der Waals surface area (Å²) in [5.41, 5.74) is 11.8. The minimum atomic E-state index is -0.427. The van der Waals surface area contributed by atoms with E-state index in [1.807, 2.05) is 66.7 Å². The predicted octanol–water partition coefficient (Wildman–Crippen LogP) is 5.33. The number of hydrogen-bond donors (Lipinski definition) is 0. The van der Waals surface area contributed by atoms with Gasteiger partial charge in [0.15, 0.2) is 0 Å². The molecule has 6 heteroatoms. The average Bonchev–Trinajstić information content (AvgIpc) is 2.77. The van der Waals surface area contributed by atoms with E-state index in [4.69, 9.17) is 19.7 Å². The van der Waals surface area contributed by atoms with Gasteiger partial charge in [-0.25, -0.2) is 0 Å². The van der Waals surface area contributed by atoms with Gasteiger partial charge in [0.05, 0.1) is 26.0 Å². The van der Waals surface area contributed by atoms with Crippen LogP contribution in [0.5, 0.6) is 0 Å². The van der Waals surface area contributed by atoms with E-state index in [-0.39, 0.29) is 12.6 Å². The molecule has 0 N–H and O–H groups in total. The molecule has 2 aromatic rings. The van der Waals surface area contributed by atoms with Crippen LogP contribution in [0.3, 0.4) is 0 Å².